The van der Waals surface area contributed by atoms with E-state index in [9.17, 15) is 4.79 Å². The lowest BCUT2D eigenvalue weighted by Crippen LogP contribution is -2.30. The van der Waals surface area contributed by atoms with E-state index in [0.29, 0.717) is 5.92 Å². The van der Waals surface area contributed by atoms with Gasteiger partial charge in [-0.15, -0.1) is 0 Å². The minimum absolute atomic E-state index is 0.125. The van der Waals surface area contributed by atoms with E-state index in [1.807, 2.05) is 18.2 Å². The normalized spacial score (nSPS) is 34.0. The average Bonchev–Trinajstić information content (AvgIpc) is 3.03. The van der Waals surface area contributed by atoms with E-state index < -0.39 is 0 Å². The van der Waals surface area contributed by atoms with Crippen molar-refractivity contribution in [2.24, 2.45) is 11.8 Å². The summed E-state index contributed by atoms with van der Waals surface area (Å²) in [7, 11) is 0. The molecule has 1 saturated carbocycles. The van der Waals surface area contributed by atoms with Crippen molar-refractivity contribution < 1.29 is 9.53 Å². The molecular weight excluding hydrogens is 226 g/mol. The predicted octanol–water partition coefficient (Wildman–Crippen LogP) is 2.42. The summed E-state index contributed by atoms with van der Waals surface area (Å²) in [5.41, 5.74) is 1.22. The molecule has 94 valence electrons. The molecule has 1 aromatic carbocycles. The zero-order valence-corrected chi connectivity index (χ0v) is 10.3. The minimum atomic E-state index is -0.125. The third kappa shape index (κ3) is 1.33. The summed E-state index contributed by atoms with van der Waals surface area (Å²) in [5, 5.41) is 3.03. The number of fused-ring (bicyclic) bond motifs is 3. The number of hydrogen-bond donors (Lipinski definition) is 1. The van der Waals surface area contributed by atoms with E-state index in [4.69, 9.17) is 4.74 Å². The van der Waals surface area contributed by atoms with Gasteiger partial charge in [0.1, 0.15) is 5.75 Å². The Morgan fingerprint density at radius 1 is 1.11 bits per heavy atom. The van der Waals surface area contributed by atoms with Crippen molar-refractivity contribution in [2.75, 3.05) is 0 Å². The fourth-order valence-electron chi connectivity index (χ4n) is 3.96. The van der Waals surface area contributed by atoms with Gasteiger partial charge in [-0.1, -0.05) is 31.0 Å². The molecule has 1 amide bonds. The molecule has 0 radical (unpaired) electrons. The molecule has 0 unspecified atom stereocenters. The Hall–Kier alpha value is -1.51. The second-order valence-electron chi connectivity index (χ2n) is 5.68. The van der Waals surface area contributed by atoms with Crippen LogP contribution in [0.2, 0.25) is 0 Å². The topological polar surface area (TPSA) is 38.3 Å². The molecule has 3 atom stereocenters. The highest BCUT2D eigenvalue weighted by Crippen LogP contribution is 2.50. The quantitative estimate of drug-likeness (QED) is 0.822. The summed E-state index contributed by atoms with van der Waals surface area (Å²) in [5.74, 6) is 2.06. The van der Waals surface area contributed by atoms with Gasteiger partial charge in [0.05, 0.1) is 11.8 Å². The highest BCUT2D eigenvalue weighted by Gasteiger charge is 2.52. The molecule has 1 aromatic rings. The van der Waals surface area contributed by atoms with E-state index in [1.165, 1.54) is 31.2 Å². The Labute approximate surface area is 107 Å². The van der Waals surface area contributed by atoms with Gasteiger partial charge in [0, 0.05) is 5.56 Å². The van der Waals surface area contributed by atoms with E-state index >= 15 is 0 Å². The van der Waals surface area contributed by atoms with E-state index in [2.05, 4.69) is 11.4 Å². The number of benzene rings is 1. The molecule has 1 aliphatic carbocycles. The second-order valence-corrected chi connectivity index (χ2v) is 5.68. The highest BCUT2D eigenvalue weighted by molar-refractivity contribution is 5.84. The summed E-state index contributed by atoms with van der Waals surface area (Å²) in [4.78, 5) is 12.2. The first-order valence-corrected chi connectivity index (χ1v) is 6.90. The van der Waals surface area contributed by atoms with Gasteiger partial charge in [0.15, 0.2) is 6.23 Å². The van der Waals surface area contributed by atoms with Gasteiger partial charge in [-0.3, -0.25) is 4.79 Å². The largest absolute Gasteiger partial charge is 0.470 e. The van der Waals surface area contributed by atoms with Crippen LogP contribution in [0.25, 0.3) is 0 Å². The number of para-hydroxylation sites is 1. The van der Waals surface area contributed by atoms with Crippen LogP contribution >= 0.6 is 0 Å². The first-order chi connectivity index (χ1) is 8.84. The second kappa shape index (κ2) is 3.74. The molecule has 0 aromatic heterocycles. The highest BCUT2D eigenvalue weighted by atomic mass is 16.5. The van der Waals surface area contributed by atoms with Crippen molar-refractivity contribution in [1.29, 1.82) is 0 Å². The molecule has 2 aliphatic heterocycles. The minimum Gasteiger partial charge on any atom is -0.470 e. The van der Waals surface area contributed by atoms with Crippen molar-refractivity contribution in [3.8, 4) is 5.75 Å². The Bertz CT molecular complexity index is 493. The van der Waals surface area contributed by atoms with Crippen molar-refractivity contribution in [3.05, 3.63) is 29.8 Å². The third-order valence-corrected chi connectivity index (χ3v) is 4.74. The van der Waals surface area contributed by atoms with E-state index in [0.717, 1.165) is 5.75 Å². The van der Waals surface area contributed by atoms with E-state index in [1.54, 1.807) is 0 Å². The monoisotopic (exact) mass is 243 g/mol. The van der Waals surface area contributed by atoms with Gasteiger partial charge >= 0.3 is 0 Å². The molecule has 3 aliphatic rings. The first kappa shape index (κ1) is 10.4. The Morgan fingerprint density at radius 3 is 2.72 bits per heavy atom. The number of ether oxygens (including phenoxy) is 1. The summed E-state index contributed by atoms with van der Waals surface area (Å²) in [6.45, 7) is 0. The summed E-state index contributed by atoms with van der Waals surface area (Å²) >= 11 is 0. The predicted molar refractivity (Wildman–Crippen MR) is 67.2 cm³/mol. The number of nitrogens with one attached hydrogen (secondary N) is 1. The van der Waals surface area contributed by atoms with Crippen LogP contribution in [0.3, 0.4) is 0 Å². The number of hydrogen-bond acceptors (Lipinski definition) is 2. The SMILES string of the molecule is O=C1N[C@H]2Oc3ccccc3[C@H]2[C@H]1C1CCCC1. The zero-order chi connectivity index (χ0) is 12.1. The molecule has 18 heavy (non-hydrogen) atoms. The fraction of sp³-hybridized carbons (Fsp3) is 0.533. The first-order valence-electron chi connectivity index (χ1n) is 6.90. The Morgan fingerprint density at radius 2 is 1.89 bits per heavy atom. The van der Waals surface area contributed by atoms with Crippen LogP contribution in [-0.4, -0.2) is 12.1 Å². The van der Waals surface area contributed by atoms with Crippen molar-refractivity contribution in [2.45, 2.75) is 37.8 Å². The molecule has 3 nitrogen and oxygen atoms in total. The number of amides is 1. The van der Waals surface area contributed by atoms with Gasteiger partial charge in [-0.05, 0) is 24.8 Å². The standard InChI is InChI=1S/C15H17NO2/c17-14-12(9-5-1-2-6-9)13-10-7-3-4-8-11(10)18-15(13)16-14/h3-4,7-9,12-13,15H,1-2,5-6H2,(H,16,17)/t12-,13+,15+/m1/s1. The molecule has 1 saturated heterocycles. The lowest BCUT2D eigenvalue weighted by Gasteiger charge is -2.20. The summed E-state index contributed by atoms with van der Waals surface area (Å²) in [6, 6.07) is 8.15. The smallest absolute Gasteiger partial charge is 0.227 e. The van der Waals surface area contributed by atoms with Crippen molar-refractivity contribution >= 4 is 5.91 Å². The van der Waals surface area contributed by atoms with Crippen molar-refractivity contribution in [3.63, 3.8) is 0 Å². The average molecular weight is 243 g/mol. The molecule has 0 spiro atoms. The Balaban J connectivity index is 1.73. The van der Waals surface area contributed by atoms with Crippen molar-refractivity contribution in [1.82, 2.24) is 5.32 Å². The molecule has 1 N–H and O–H groups in total. The molecule has 3 heteroatoms. The maximum Gasteiger partial charge on any atom is 0.227 e. The Kier molecular flexibility index (Phi) is 2.16. The molecule has 2 heterocycles. The van der Waals surface area contributed by atoms with E-state index in [-0.39, 0.29) is 24.0 Å². The van der Waals surface area contributed by atoms with Crippen LogP contribution in [0.5, 0.6) is 5.75 Å². The molecule has 2 fully saturated rings. The molecule has 0 bridgehead atoms. The third-order valence-electron chi connectivity index (χ3n) is 4.74. The van der Waals surface area contributed by atoms with Crippen LogP contribution in [-0.2, 0) is 4.79 Å². The lowest BCUT2D eigenvalue weighted by atomic mass is 9.79. The summed E-state index contributed by atoms with van der Waals surface area (Å²) < 4.78 is 5.86. The molecule has 4 rings (SSSR count). The van der Waals surface area contributed by atoms with Crippen LogP contribution in [0.1, 0.15) is 37.2 Å². The number of rotatable bonds is 1. The number of carbonyl (C=O) groups excluding carboxylic acids is 1. The van der Waals surface area contributed by atoms with Gasteiger partial charge in [-0.25, -0.2) is 0 Å². The summed E-state index contributed by atoms with van der Waals surface area (Å²) in [6.07, 6.45) is 4.82. The van der Waals surface area contributed by atoms with Crippen LogP contribution in [0.15, 0.2) is 24.3 Å². The lowest BCUT2D eigenvalue weighted by molar-refractivity contribution is -0.124. The maximum atomic E-state index is 12.2. The van der Waals surface area contributed by atoms with Crippen LogP contribution in [0.4, 0.5) is 0 Å². The zero-order valence-electron chi connectivity index (χ0n) is 10.3. The van der Waals surface area contributed by atoms with Gasteiger partial charge in [0.2, 0.25) is 5.91 Å². The maximum absolute atomic E-state index is 12.2. The fourth-order valence-corrected chi connectivity index (χ4v) is 3.96. The van der Waals surface area contributed by atoms with Gasteiger partial charge < -0.3 is 10.1 Å². The van der Waals surface area contributed by atoms with Crippen LogP contribution < -0.4 is 10.1 Å². The number of carbonyl (C=O) groups is 1. The van der Waals surface area contributed by atoms with Gasteiger partial charge in [-0.2, -0.15) is 0 Å². The van der Waals surface area contributed by atoms with Gasteiger partial charge in [0.25, 0.3) is 0 Å². The molecular formula is C15H17NO2. The van der Waals surface area contributed by atoms with Crippen LogP contribution in [0, 0.1) is 11.8 Å².